The fourth-order valence-electron chi connectivity index (χ4n) is 1.66. The number of benzene rings is 1. The average molecular weight is 278 g/mol. The van der Waals surface area contributed by atoms with Gasteiger partial charge in [0.25, 0.3) is 0 Å². The molecule has 0 bridgehead atoms. The van der Waals surface area contributed by atoms with Crippen LogP contribution in [-0.4, -0.2) is 18.4 Å². The molecule has 0 fully saturated rings. The Hall–Kier alpha value is -1.99. The van der Waals surface area contributed by atoms with Gasteiger partial charge < -0.3 is 5.32 Å². The fraction of sp³-hybridized carbons (Fsp3) is 0.167. The lowest BCUT2D eigenvalue weighted by molar-refractivity contribution is 0.598. The molecule has 0 amide bonds. The van der Waals surface area contributed by atoms with Crippen LogP contribution in [0.1, 0.15) is 11.5 Å². The molecule has 0 spiro atoms. The minimum Gasteiger partial charge on any atom is -0.340 e. The summed E-state index contributed by atoms with van der Waals surface area (Å²) < 4.78 is 22.3. The van der Waals surface area contributed by atoms with Gasteiger partial charge in [-0.25, -0.2) is 23.5 Å². The van der Waals surface area contributed by atoms with Crippen LogP contribution in [0.5, 0.6) is 0 Å². The zero-order valence-electron chi connectivity index (χ0n) is 10.6. The van der Waals surface area contributed by atoms with Gasteiger partial charge in [-0.05, 0) is 38.1 Å². The van der Waals surface area contributed by atoms with E-state index >= 15 is 0 Å². The molecule has 0 saturated heterocycles. The molecule has 0 aliphatic carbocycles. The Labute approximate surface area is 111 Å². The van der Waals surface area contributed by atoms with Crippen molar-refractivity contribution in [3.8, 4) is 0 Å². The minimum atomic E-state index is -3.66. The third kappa shape index (κ3) is 3.49. The summed E-state index contributed by atoms with van der Waals surface area (Å²) in [6.07, 6.45) is 0. The number of aromatic nitrogens is 2. The summed E-state index contributed by atoms with van der Waals surface area (Å²) in [5.41, 5.74) is 1.58. The lowest BCUT2D eigenvalue weighted by atomic mass is 10.3. The molecular formula is C12H14N4O2S. The standard InChI is InChI=1S/C12H14N4O2S/c1-8-7-12(15-9(2)14-8)16-10-3-5-11(6-4-10)19(13,17)18/h3-7H,1-2H3,(H2,13,17,18)(H,14,15,16). The molecule has 0 radical (unpaired) electrons. The summed E-state index contributed by atoms with van der Waals surface area (Å²) in [5.74, 6) is 1.33. The Morgan fingerprint density at radius 3 is 2.26 bits per heavy atom. The molecule has 0 unspecified atom stereocenters. The maximum Gasteiger partial charge on any atom is 0.238 e. The summed E-state index contributed by atoms with van der Waals surface area (Å²) in [4.78, 5) is 8.49. The number of anilines is 2. The van der Waals surface area contributed by atoms with Crippen LogP contribution in [0.15, 0.2) is 35.2 Å². The van der Waals surface area contributed by atoms with E-state index in [0.717, 1.165) is 11.4 Å². The Balaban J connectivity index is 2.24. The van der Waals surface area contributed by atoms with Crippen molar-refractivity contribution in [3.05, 3.63) is 41.9 Å². The van der Waals surface area contributed by atoms with Gasteiger partial charge >= 0.3 is 0 Å². The topological polar surface area (TPSA) is 98.0 Å². The van der Waals surface area contributed by atoms with Gasteiger partial charge in [0.15, 0.2) is 0 Å². The number of hydrogen-bond acceptors (Lipinski definition) is 5. The maximum absolute atomic E-state index is 11.1. The SMILES string of the molecule is Cc1cc(Nc2ccc(S(N)(=O)=O)cc2)nc(C)n1. The van der Waals surface area contributed by atoms with E-state index in [1.165, 1.54) is 12.1 Å². The molecule has 100 valence electrons. The Kier molecular flexibility index (Phi) is 3.50. The number of aryl methyl sites for hydroxylation is 2. The first kappa shape index (κ1) is 13.4. The van der Waals surface area contributed by atoms with E-state index < -0.39 is 10.0 Å². The van der Waals surface area contributed by atoms with Crippen molar-refractivity contribution in [1.29, 1.82) is 0 Å². The maximum atomic E-state index is 11.1. The van der Waals surface area contributed by atoms with Crippen LogP contribution in [0.25, 0.3) is 0 Å². The predicted octanol–water partition coefficient (Wildman–Crippen LogP) is 1.48. The number of primary sulfonamides is 1. The second kappa shape index (κ2) is 4.94. The zero-order chi connectivity index (χ0) is 14.0. The lowest BCUT2D eigenvalue weighted by Gasteiger charge is -2.07. The smallest absolute Gasteiger partial charge is 0.238 e. The van der Waals surface area contributed by atoms with Crippen molar-refractivity contribution in [1.82, 2.24) is 9.97 Å². The first-order valence-corrected chi connectivity index (χ1v) is 7.11. The molecule has 2 aromatic rings. The highest BCUT2D eigenvalue weighted by Gasteiger charge is 2.07. The van der Waals surface area contributed by atoms with E-state index in [1.54, 1.807) is 18.2 Å². The summed E-state index contributed by atoms with van der Waals surface area (Å²) >= 11 is 0. The number of sulfonamides is 1. The lowest BCUT2D eigenvalue weighted by Crippen LogP contribution is -2.11. The average Bonchev–Trinajstić information content (AvgIpc) is 2.26. The van der Waals surface area contributed by atoms with Gasteiger partial charge in [-0.3, -0.25) is 0 Å². The van der Waals surface area contributed by atoms with Gasteiger partial charge in [-0.15, -0.1) is 0 Å². The largest absolute Gasteiger partial charge is 0.340 e. The summed E-state index contributed by atoms with van der Waals surface area (Å²) in [6.45, 7) is 3.69. The molecule has 7 heteroatoms. The molecule has 0 atom stereocenters. The molecule has 0 aliphatic rings. The zero-order valence-corrected chi connectivity index (χ0v) is 11.4. The van der Waals surface area contributed by atoms with Crippen molar-refractivity contribution in [2.75, 3.05) is 5.32 Å². The predicted molar refractivity (Wildman–Crippen MR) is 72.6 cm³/mol. The van der Waals surface area contributed by atoms with Gasteiger partial charge in [0.1, 0.15) is 11.6 Å². The Morgan fingerprint density at radius 2 is 1.74 bits per heavy atom. The first-order valence-electron chi connectivity index (χ1n) is 5.57. The van der Waals surface area contributed by atoms with Crippen LogP contribution in [0.2, 0.25) is 0 Å². The summed E-state index contributed by atoms with van der Waals surface area (Å²) in [7, 11) is -3.66. The third-order valence-electron chi connectivity index (χ3n) is 2.42. The van der Waals surface area contributed by atoms with Crippen molar-refractivity contribution >= 4 is 21.5 Å². The highest BCUT2D eigenvalue weighted by atomic mass is 32.2. The molecule has 19 heavy (non-hydrogen) atoms. The molecule has 1 heterocycles. The van der Waals surface area contributed by atoms with Crippen LogP contribution in [-0.2, 0) is 10.0 Å². The molecule has 1 aromatic heterocycles. The van der Waals surface area contributed by atoms with Crippen molar-refractivity contribution in [2.45, 2.75) is 18.7 Å². The van der Waals surface area contributed by atoms with Gasteiger partial charge in [0.05, 0.1) is 4.90 Å². The van der Waals surface area contributed by atoms with E-state index in [1.807, 2.05) is 13.8 Å². The second-order valence-electron chi connectivity index (χ2n) is 4.14. The summed E-state index contributed by atoms with van der Waals surface area (Å²) in [5, 5.41) is 8.11. The molecule has 2 rings (SSSR count). The van der Waals surface area contributed by atoms with Crippen molar-refractivity contribution in [2.24, 2.45) is 5.14 Å². The highest BCUT2D eigenvalue weighted by Crippen LogP contribution is 2.17. The molecule has 6 nitrogen and oxygen atoms in total. The van der Waals surface area contributed by atoms with E-state index in [2.05, 4.69) is 15.3 Å². The van der Waals surface area contributed by atoms with E-state index in [0.29, 0.717) is 11.6 Å². The van der Waals surface area contributed by atoms with Gasteiger partial charge in [0, 0.05) is 17.4 Å². The molecule has 0 saturated carbocycles. The van der Waals surface area contributed by atoms with Crippen LogP contribution >= 0.6 is 0 Å². The number of nitrogens with two attached hydrogens (primary N) is 1. The number of hydrogen-bond donors (Lipinski definition) is 2. The normalized spacial score (nSPS) is 11.3. The highest BCUT2D eigenvalue weighted by molar-refractivity contribution is 7.89. The van der Waals surface area contributed by atoms with Gasteiger partial charge in [-0.1, -0.05) is 0 Å². The van der Waals surface area contributed by atoms with Crippen LogP contribution in [0.3, 0.4) is 0 Å². The summed E-state index contributed by atoms with van der Waals surface area (Å²) in [6, 6.07) is 7.96. The minimum absolute atomic E-state index is 0.0769. The van der Waals surface area contributed by atoms with Gasteiger partial charge in [-0.2, -0.15) is 0 Å². The fourth-order valence-corrected chi connectivity index (χ4v) is 2.17. The van der Waals surface area contributed by atoms with Gasteiger partial charge in [0.2, 0.25) is 10.0 Å². The van der Waals surface area contributed by atoms with E-state index in [4.69, 9.17) is 5.14 Å². The van der Waals surface area contributed by atoms with Crippen LogP contribution < -0.4 is 10.5 Å². The van der Waals surface area contributed by atoms with E-state index in [9.17, 15) is 8.42 Å². The Morgan fingerprint density at radius 1 is 1.11 bits per heavy atom. The third-order valence-corrected chi connectivity index (χ3v) is 3.35. The quantitative estimate of drug-likeness (QED) is 0.886. The van der Waals surface area contributed by atoms with Crippen molar-refractivity contribution < 1.29 is 8.42 Å². The van der Waals surface area contributed by atoms with Crippen molar-refractivity contribution in [3.63, 3.8) is 0 Å². The second-order valence-corrected chi connectivity index (χ2v) is 5.70. The number of nitrogens with zero attached hydrogens (tertiary/aromatic N) is 2. The number of rotatable bonds is 3. The molecule has 3 N–H and O–H groups in total. The van der Waals surface area contributed by atoms with Crippen LogP contribution in [0.4, 0.5) is 11.5 Å². The monoisotopic (exact) mass is 278 g/mol. The first-order chi connectivity index (χ1) is 8.84. The number of nitrogens with one attached hydrogen (secondary N) is 1. The molecule has 1 aromatic carbocycles. The molecular weight excluding hydrogens is 264 g/mol. The van der Waals surface area contributed by atoms with Crippen LogP contribution in [0, 0.1) is 13.8 Å². The molecule has 0 aliphatic heterocycles. The van der Waals surface area contributed by atoms with E-state index in [-0.39, 0.29) is 4.90 Å². The Bertz CT molecular complexity index is 676.